The Balaban J connectivity index is 1.52. The number of guanidine groups is 1. The van der Waals surface area contributed by atoms with Crippen molar-refractivity contribution in [3.63, 3.8) is 0 Å². The van der Waals surface area contributed by atoms with Crippen molar-refractivity contribution >= 4 is 11.9 Å². The van der Waals surface area contributed by atoms with Crippen LogP contribution in [0.15, 0.2) is 4.99 Å². The summed E-state index contributed by atoms with van der Waals surface area (Å²) in [6.45, 7) is 14.8. The molecule has 29 heavy (non-hydrogen) atoms. The molecule has 0 aliphatic carbocycles. The minimum atomic E-state index is -0.0128. The standard InChI is InChI=1S/C21H41N7O/c1-5-22-21(23-16-19-17-24(3)10-11-25(19)4)28-14-12-26(13-15-28)18(2)20(29)27-8-6-7-9-27/h18-19H,5-17H2,1-4H3,(H,22,23). The predicted octanol–water partition coefficient (Wildman–Crippen LogP) is -0.174. The lowest BCUT2D eigenvalue weighted by Gasteiger charge is -2.40. The van der Waals surface area contributed by atoms with E-state index >= 15 is 0 Å². The Morgan fingerprint density at radius 2 is 1.69 bits per heavy atom. The third kappa shape index (κ3) is 5.83. The van der Waals surface area contributed by atoms with Gasteiger partial charge in [0.1, 0.15) is 0 Å². The van der Waals surface area contributed by atoms with Crippen LogP contribution in [0.1, 0.15) is 26.7 Å². The highest BCUT2D eigenvalue weighted by molar-refractivity contribution is 5.82. The number of likely N-dealkylation sites (N-methyl/N-ethyl adjacent to an activating group) is 2. The molecule has 166 valence electrons. The Kier molecular flexibility index (Phi) is 8.15. The van der Waals surface area contributed by atoms with E-state index in [2.05, 4.69) is 52.9 Å². The van der Waals surface area contributed by atoms with E-state index in [1.54, 1.807) is 0 Å². The van der Waals surface area contributed by atoms with Crippen molar-refractivity contribution in [1.82, 2.24) is 29.8 Å². The molecule has 8 heteroatoms. The highest BCUT2D eigenvalue weighted by Crippen LogP contribution is 2.14. The number of hydrogen-bond donors (Lipinski definition) is 1. The minimum Gasteiger partial charge on any atom is -0.357 e. The number of carbonyl (C=O) groups is 1. The first-order chi connectivity index (χ1) is 14.0. The largest absolute Gasteiger partial charge is 0.357 e. The SMILES string of the molecule is CCNC(=NCC1CN(C)CCN1C)N1CCN(C(C)C(=O)N2CCCC2)CC1. The van der Waals surface area contributed by atoms with Crippen molar-refractivity contribution in [3.05, 3.63) is 0 Å². The number of piperazine rings is 2. The molecular weight excluding hydrogens is 366 g/mol. The van der Waals surface area contributed by atoms with Gasteiger partial charge in [0, 0.05) is 71.5 Å². The van der Waals surface area contributed by atoms with E-state index in [0.717, 1.165) is 90.8 Å². The molecule has 0 bridgehead atoms. The molecule has 3 saturated heterocycles. The Morgan fingerprint density at radius 3 is 2.34 bits per heavy atom. The molecule has 0 saturated carbocycles. The van der Waals surface area contributed by atoms with E-state index in [1.165, 1.54) is 0 Å². The molecule has 1 N–H and O–H groups in total. The summed E-state index contributed by atoms with van der Waals surface area (Å²) in [6, 6.07) is 0.461. The Bertz CT molecular complexity index is 555. The number of aliphatic imine (C=N–C) groups is 1. The van der Waals surface area contributed by atoms with Gasteiger partial charge in [-0.25, -0.2) is 0 Å². The van der Waals surface area contributed by atoms with E-state index in [-0.39, 0.29) is 6.04 Å². The first-order valence-corrected chi connectivity index (χ1v) is 11.4. The van der Waals surface area contributed by atoms with Crippen LogP contribution in [0.2, 0.25) is 0 Å². The van der Waals surface area contributed by atoms with Crippen molar-refractivity contribution < 1.29 is 4.79 Å². The average Bonchev–Trinajstić information content (AvgIpc) is 3.27. The highest BCUT2D eigenvalue weighted by atomic mass is 16.2. The quantitative estimate of drug-likeness (QED) is 0.504. The van der Waals surface area contributed by atoms with Crippen LogP contribution in [0.3, 0.4) is 0 Å². The zero-order valence-electron chi connectivity index (χ0n) is 18.9. The molecule has 3 aliphatic rings. The summed E-state index contributed by atoms with van der Waals surface area (Å²) < 4.78 is 0. The highest BCUT2D eigenvalue weighted by Gasteiger charge is 2.30. The third-order valence-electron chi connectivity index (χ3n) is 6.70. The van der Waals surface area contributed by atoms with E-state index in [1.807, 2.05) is 4.90 Å². The summed E-state index contributed by atoms with van der Waals surface area (Å²) in [5, 5.41) is 3.48. The smallest absolute Gasteiger partial charge is 0.239 e. The molecule has 0 aromatic rings. The van der Waals surface area contributed by atoms with Crippen molar-refractivity contribution in [3.8, 4) is 0 Å². The second kappa shape index (κ2) is 10.6. The molecule has 0 spiro atoms. The monoisotopic (exact) mass is 407 g/mol. The van der Waals surface area contributed by atoms with Gasteiger partial charge in [-0.3, -0.25) is 19.6 Å². The van der Waals surface area contributed by atoms with Gasteiger partial charge in [0.25, 0.3) is 0 Å². The van der Waals surface area contributed by atoms with Crippen LogP contribution >= 0.6 is 0 Å². The summed E-state index contributed by atoms with van der Waals surface area (Å²) in [5.41, 5.74) is 0. The second-order valence-electron chi connectivity index (χ2n) is 8.82. The molecule has 3 rings (SSSR count). The number of hydrogen-bond acceptors (Lipinski definition) is 5. The van der Waals surface area contributed by atoms with Crippen LogP contribution in [0.4, 0.5) is 0 Å². The molecule has 8 nitrogen and oxygen atoms in total. The first kappa shape index (κ1) is 22.3. The third-order valence-corrected chi connectivity index (χ3v) is 6.70. The van der Waals surface area contributed by atoms with Gasteiger partial charge >= 0.3 is 0 Å². The number of likely N-dealkylation sites (tertiary alicyclic amines) is 1. The van der Waals surface area contributed by atoms with E-state index in [9.17, 15) is 4.79 Å². The molecule has 2 atom stereocenters. The molecular formula is C21H41N7O. The summed E-state index contributed by atoms with van der Waals surface area (Å²) in [7, 11) is 4.40. The van der Waals surface area contributed by atoms with Gasteiger partial charge < -0.3 is 20.0 Å². The van der Waals surface area contributed by atoms with E-state index in [4.69, 9.17) is 4.99 Å². The molecule has 3 aliphatic heterocycles. The maximum atomic E-state index is 12.7. The fraction of sp³-hybridized carbons (Fsp3) is 0.905. The summed E-state index contributed by atoms with van der Waals surface area (Å²) in [5.74, 6) is 1.33. The van der Waals surface area contributed by atoms with Gasteiger partial charge in [-0.1, -0.05) is 0 Å². The second-order valence-corrected chi connectivity index (χ2v) is 8.82. The Hall–Kier alpha value is -1.38. The number of nitrogens with zero attached hydrogens (tertiary/aromatic N) is 6. The van der Waals surface area contributed by atoms with Gasteiger partial charge in [0.2, 0.25) is 5.91 Å². The van der Waals surface area contributed by atoms with Crippen LogP contribution in [0.25, 0.3) is 0 Å². The molecule has 3 heterocycles. The van der Waals surface area contributed by atoms with Crippen molar-refractivity contribution in [2.75, 3.05) is 86.1 Å². The lowest BCUT2D eigenvalue weighted by molar-refractivity contribution is -0.135. The van der Waals surface area contributed by atoms with Gasteiger partial charge in [-0.05, 0) is 40.8 Å². The van der Waals surface area contributed by atoms with E-state index < -0.39 is 0 Å². The summed E-state index contributed by atoms with van der Waals surface area (Å²) >= 11 is 0. The molecule has 0 radical (unpaired) electrons. The minimum absolute atomic E-state index is 0.0128. The van der Waals surface area contributed by atoms with Crippen LogP contribution in [-0.2, 0) is 4.79 Å². The number of nitrogens with one attached hydrogen (secondary N) is 1. The molecule has 0 aromatic carbocycles. The normalized spacial score (nSPS) is 26.8. The van der Waals surface area contributed by atoms with Crippen LogP contribution in [-0.4, -0.2) is 135 Å². The van der Waals surface area contributed by atoms with Gasteiger partial charge in [0.15, 0.2) is 5.96 Å². The predicted molar refractivity (Wildman–Crippen MR) is 118 cm³/mol. The van der Waals surface area contributed by atoms with E-state index in [0.29, 0.717) is 11.9 Å². The summed E-state index contributed by atoms with van der Waals surface area (Å²) in [4.78, 5) is 29.3. The van der Waals surface area contributed by atoms with Crippen molar-refractivity contribution in [1.29, 1.82) is 0 Å². The molecule has 2 unspecified atom stereocenters. The topological polar surface area (TPSA) is 57.7 Å². The fourth-order valence-electron chi connectivity index (χ4n) is 4.60. The maximum Gasteiger partial charge on any atom is 0.239 e. The molecule has 3 fully saturated rings. The van der Waals surface area contributed by atoms with Gasteiger partial charge in [-0.2, -0.15) is 0 Å². The fourth-order valence-corrected chi connectivity index (χ4v) is 4.60. The molecule has 0 aromatic heterocycles. The zero-order valence-corrected chi connectivity index (χ0v) is 18.9. The number of carbonyl (C=O) groups excluding carboxylic acids is 1. The maximum absolute atomic E-state index is 12.7. The van der Waals surface area contributed by atoms with Crippen molar-refractivity contribution in [2.45, 2.75) is 38.8 Å². The van der Waals surface area contributed by atoms with Crippen LogP contribution < -0.4 is 5.32 Å². The lowest BCUT2D eigenvalue weighted by Crippen LogP contribution is -2.57. The lowest BCUT2D eigenvalue weighted by atomic mass is 10.2. The van der Waals surface area contributed by atoms with Crippen LogP contribution in [0.5, 0.6) is 0 Å². The van der Waals surface area contributed by atoms with Gasteiger partial charge in [-0.15, -0.1) is 0 Å². The molecule has 1 amide bonds. The van der Waals surface area contributed by atoms with Crippen molar-refractivity contribution in [2.24, 2.45) is 4.99 Å². The summed E-state index contributed by atoms with van der Waals surface area (Å²) in [6.07, 6.45) is 2.31. The number of rotatable bonds is 5. The Labute approximate surface area is 176 Å². The van der Waals surface area contributed by atoms with Crippen LogP contribution in [0, 0.1) is 0 Å². The Morgan fingerprint density at radius 1 is 1.00 bits per heavy atom. The zero-order chi connectivity index (χ0) is 20.8. The number of amides is 1. The first-order valence-electron chi connectivity index (χ1n) is 11.4. The average molecular weight is 408 g/mol. The van der Waals surface area contributed by atoms with Gasteiger partial charge in [0.05, 0.1) is 12.6 Å².